The average Bonchev–Trinajstić information content (AvgIpc) is 3.12. The maximum Gasteiger partial charge on any atom is 2.00 e. The Labute approximate surface area is 168 Å². The van der Waals surface area contributed by atoms with Gasteiger partial charge in [-0.2, -0.15) is 0 Å². The molecule has 0 saturated heterocycles. The first-order valence-corrected chi connectivity index (χ1v) is 8.68. The summed E-state index contributed by atoms with van der Waals surface area (Å²) in [6.07, 6.45) is 16.5. The number of benzene rings is 1. The van der Waals surface area contributed by atoms with E-state index in [0.29, 0.717) is 5.92 Å². The van der Waals surface area contributed by atoms with Crippen LogP contribution in [0, 0.1) is 64.8 Å². The molecular weight excluding hydrogens is 526 g/mol. The van der Waals surface area contributed by atoms with Crippen LogP contribution in [0.25, 0.3) is 0 Å². The molecule has 0 aliphatic heterocycles. The van der Waals surface area contributed by atoms with Gasteiger partial charge < -0.3 is 0 Å². The summed E-state index contributed by atoms with van der Waals surface area (Å²) in [5.74, 6) is 1.92. The smallest absolute Gasteiger partial charge is 0.0764 e. The van der Waals surface area contributed by atoms with Crippen molar-refractivity contribution in [2.75, 3.05) is 0 Å². The van der Waals surface area contributed by atoms with E-state index >= 15 is 0 Å². The van der Waals surface area contributed by atoms with Crippen LogP contribution in [0.5, 0.6) is 0 Å². The van der Waals surface area contributed by atoms with Gasteiger partial charge in [0, 0.05) is 13.4 Å². The maximum atomic E-state index is 2.41. The van der Waals surface area contributed by atoms with Crippen molar-refractivity contribution in [3.8, 4) is 0 Å². The Morgan fingerprint density at radius 1 is 0.810 bits per heavy atom. The van der Waals surface area contributed by atoms with Crippen LogP contribution in [0.1, 0.15) is 18.4 Å². The molecule has 0 bridgehead atoms. The zero-order valence-electron chi connectivity index (χ0n) is 11.6. The summed E-state index contributed by atoms with van der Waals surface area (Å²) in [7, 11) is 0. The Balaban J connectivity index is 0.000000313. The number of halogens is 2. The van der Waals surface area contributed by atoms with E-state index in [4.69, 9.17) is 0 Å². The molecule has 3 rings (SSSR count). The van der Waals surface area contributed by atoms with Crippen LogP contribution in [0.3, 0.4) is 0 Å². The van der Waals surface area contributed by atoms with Crippen LogP contribution in [0.2, 0.25) is 0 Å². The minimum Gasteiger partial charge on any atom is -0.0764 e. The number of hydrogen-bond donors (Lipinski definition) is 0. The van der Waals surface area contributed by atoms with Gasteiger partial charge in [0.1, 0.15) is 0 Å². The topological polar surface area (TPSA) is 0 Å². The molecule has 0 N–H and O–H groups in total. The second kappa shape index (κ2) is 10.9. The van der Waals surface area contributed by atoms with Gasteiger partial charge in [-0.05, 0) is 91.5 Å². The Morgan fingerprint density at radius 3 is 1.86 bits per heavy atom. The first-order valence-electron chi connectivity index (χ1n) is 6.52. The second-order valence-corrected chi connectivity index (χ2v) is 6.86. The Bertz CT molecular complexity index is 396. The van der Waals surface area contributed by atoms with Crippen molar-refractivity contribution in [1.29, 1.82) is 0 Å². The van der Waals surface area contributed by atoms with E-state index in [1.54, 1.807) is 0 Å². The predicted molar refractivity (Wildman–Crippen MR) is 102 cm³/mol. The molecule has 10 radical (unpaired) electrons. The van der Waals surface area contributed by atoms with Crippen molar-refractivity contribution < 1.29 is 17.1 Å². The fourth-order valence-electron chi connectivity index (χ4n) is 2.08. The molecule has 3 heteroatoms. The molecule has 1 aromatic rings. The van der Waals surface area contributed by atoms with Crippen LogP contribution >= 0.6 is 45.2 Å². The molecule has 0 nitrogen and oxygen atoms in total. The molecular formula is C18H16FeI2+2. The molecule has 0 spiro atoms. The fraction of sp³-hybridized carbons (Fsp3) is 0.111. The summed E-state index contributed by atoms with van der Waals surface area (Å²) in [5, 5.41) is 0. The zero-order valence-corrected chi connectivity index (χ0v) is 17.0. The van der Waals surface area contributed by atoms with Crippen LogP contribution in [0.15, 0.2) is 24.3 Å². The second-order valence-electron chi connectivity index (χ2n) is 4.53. The standard InChI is InChI=1S/C13H11I2.C5H5.Fe/c1-9(11-6-4-8-13(11)15)10-5-2-3-7-12(10)14;1-2-4-5-3-1;/h2-9H,1H3;1-5H;/q;;+2/t9-;;/m0../s1. The first kappa shape index (κ1) is 20.2. The van der Waals surface area contributed by atoms with Gasteiger partial charge in [0.25, 0.3) is 0 Å². The molecule has 2 fully saturated rings. The quantitative estimate of drug-likeness (QED) is 0.339. The monoisotopic (exact) mass is 542 g/mol. The molecule has 0 amide bonds. The molecule has 1 aromatic carbocycles. The van der Waals surface area contributed by atoms with Gasteiger partial charge in [-0.1, -0.05) is 47.7 Å². The minimum absolute atomic E-state index is 0. The third-order valence-electron chi connectivity index (χ3n) is 3.19. The van der Waals surface area contributed by atoms with Crippen molar-refractivity contribution in [3.05, 3.63) is 94.6 Å². The van der Waals surface area contributed by atoms with E-state index < -0.39 is 0 Å². The average molecular weight is 542 g/mol. The van der Waals surface area contributed by atoms with Gasteiger partial charge in [-0.15, -0.1) is 0 Å². The van der Waals surface area contributed by atoms with Crippen LogP contribution in [-0.4, -0.2) is 0 Å². The van der Waals surface area contributed by atoms with Gasteiger partial charge >= 0.3 is 17.1 Å². The van der Waals surface area contributed by atoms with Crippen molar-refractivity contribution in [3.63, 3.8) is 0 Å². The molecule has 0 heterocycles. The molecule has 108 valence electrons. The van der Waals surface area contributed by atoms with E-state index in [1.807, 2.05) is 32.1 Å². The van der Waals surface area contributed by atoms with Crippen LogP contribution in [0.4, 0.5) is 0 Å². The summed E-state index contributed by atoms with van der Waals surface area (Å²) in [5.41, 5.74) is 1.42. The molecule has 1 atom stereocenters. The van der Waals surface area contributed by atoms with Gasteiger partial charge in [-0.25, -0.2) is 0 Å². The molecule has 2 aliphatic carbocycles. The summed E-state index contributed by atoms with van der Waals surface area (Å²) >= 11 is 4.82. The summed E-state index contributed by atoms with van der Waals surface area (Å²) in [6, 6.07) is 8.59. The van der Waals surface area contributed by atoms with E-state index in [2.05, 4.69) is 95.6 Å². The van der Waals surface area contributed by atoms with Gasteiger partial charge in [0.05, 0.1) is 0 Å². The Morgan fingerprint density at radius 2 is 1.38 bits per heavy atom. The minimum atomic E-state index is 0. The summed E-state index contributed by atoms with van der Waals surface area (Å²) in [4.78, 5) is 0. The number of rotatable bonds is 2. The van der Waals surface area contributed by atoms with E-state index in [9.17, 15) is 0 Å². The fourth-order valence-corrected chi connectivity index (χ4v) is 3.79. The van der Waals surface area contributed by atoms with E-state index in [1.165, 1.54) is 19.0 Å². The van der Waals surface area contributed by atoms with Crippen LogP contribution in [-0.2, 0) is 17.1 Å². The maximum absolute atomic E-state index is 2.41. The molecule has 0 aromatic heterocycles. The van der Waals surface area contributed by atoms with Gasteiger partial charge in [0.2, 0.25) is 0 Å². The molecule has 2 aliphatic rings. The third kappa shape index (κ3) is 6.31. The van der Waals surface area contributed by atoms with Crippen LogP contribution < -0.4 is 0 Å². The summed E-state index contributed by atoms with van der Waals surface area (Å²) < 4.78 is 2.71. The Kier molecular flexibility index (Phi) is 10.5. The molecule has 21 heavy (non-hydrogen) atoms. The van der Waals surface area contributed by atoms with E-state index in [-0.39, 0.29) is 17.1 Å². The summed E-state index contributed by atoms with van der Waals surface area (Å²) in [6.45, 7) is 2.27. The normalized spacial score (nSPS) is 20.5. The van der Waals surface area contributed by atoms with Crippen molar-refractivity contribution >= 4 is 45.2 Å². The first-order chi connectivity index (χ1) is 9.70. The van der Waals surface area contributed by atoms with E-state index in [0.717, 1.165) is 0 Å². The molecule has 2 saturated carbocycles. The van der Waals surface area contributed by atoms with Gasteiger partial charge in [-0.3, -0.25) is 0 Å². The Hall–Kier alpha value is 1.20. The zero-order chi connectivity index (χ0) is 14.4. The van der Waals surface area contributed by atoms with Crippen molar-refractivity contribution in [2.45, 2.75) is 12.8 Å². The third-order valence-corrected chi connectivity index (χ3v) is 5.15. The predicted octanol–water partition coefficient (Wildman–Crippen LogP) is 5.58. The molecule has 0 unspecified atom stereocenters. The van der Waals surface area contributed by atoms with Crippen molar-refractivity contribution in [1.82, 2.24) is 0 Å². The SMILES string of the molecule is C[C@H]([C]1[CH][CH][CH][C]1I)c1ccccc1I.[CH]1[CH][CH][CH][CH]1.[Fe+2]. The number of hydrogen-bond acceptors (Lipinski definition) is 0. The van der Waals surface area contributed by atoms with Crippen molar-refractivity contribution in [2.24, 2.45) is 0 Å². The largest absolute Gasteiger partial charge is 2.00 e. The van der Waals surface area contributed by atoms with Gasteiger partial charge in [0.15, 0.2) is 0 Å².